The molecule has 0 aromatic heterocycles. The Hall–Kier alpha value is -2.30. The smallest absolute Gasteiger partial charge is 0.336 e. The van der Waals surface area contributed by atoms with E-state index in [1.165, 1.54) is 6.07 Å². The largest absolute Gasteiger partial charge is 0.423 e. The summed E-state index contributed by atoms with van der Waals surface area (Å²) in [5.74, 6) is -0.809. The summed E-state index contributed by atoms with van der Waals surface area (Å²) in [7, 11) is 0. The lowest BCUT2D eigenvalue weighted by Crippen LogP contribution is -2.08. The van der Waals surface area contributed by atoms with Crippen LogP contribution in [0.2, 0.25) is 10.0 Å². The molecule has 0 aliphatic heterocycles. The molecule has 0 aliphatic carbocycles. The van der Waals surface area contributed by atoms with E-state index >= 15 is 0 Å². The fourth-order valence-electron chi connectivity index (χ4n) is 1.47. The quantitative estimate of drug-likeness (QED) is 0.480. The Bertz CT molecular complexity index is 708. The van der Waals surface area contributed by atoms with E-state index in [1.807, 2.05) is 0 Å². The monoisotopic (exact) mass is 336 g/mol. The Kier molecular flexibility index (Phi) is 5.58. The summed E-state index contributed by atoms with van der Waals surface area (Å²) < 4.78 is 9.95. The minimum atomic E-state index is -0.713. The molecule has 0 bridgehead atoms. The fraction of sp³-hybridized carbons (Fsp3) is 0. The van der Waals surface area contributed by atoms with Crippen molar-refractivity contribution in [2.24, 2.45) is 0 Å². The first-order chi connectivity index (χ1) is 10.5. The van der Waals surface area contributed by atoms with Crippen molar-refractivity contribution in [1.82, 2.24) is 0 Å². The number of hydrogen-bond acceptors (Lipinski definition) is 4. The molecule has 0 unspecified atom stereocenters. The number of esters is 2. The second-order valence-corrected chi connectivity index (χ2v) is 4.96. The molecule has 2 aromatic carbocycles. The molecule has 0 saturated carbocycles. The molecule has 112 valence electrons. The molecule has 0 spiro atoms. The molecule has 0 N–H and O–H groups in total. The normalized spacial score (nSPS) is 10.5. The van der Waals surface area contributed by atoms with Crippen LogP contribution in [0.4, 0.5) is 0 Å². The van der Waals surface area contributed by atoms with E-state index < -0.39 is 11.9 Å². The first-order valence-corrected chi connectivity index (χ1v) is 6.91. The van der Waals surface area contributed by atoms with E-state index in [0.717, 1.165) is 12.2 Å². The van der Waals surface area contributed by atoms with Gasteiger partial charge in [0, 0.05) is 22.2 Å². The van der Waals surface area contributed by atoms with E-state index in [2.05, 4.69) is 0 Å². The average Bonchev–Trinajstić information content (AvgIpc) is 2.48. The lowest BCUT2D eigenvalue weighted by molar-refractivity contribution is -0.131. The van der Waals surface area contributed by atoms with E-state index in [0.29, 0.717) is 15.8 Å². The number of ether oxygens (including phenoxy) is 2. The van der Waals surface area contributed by atoms with Gasteiger partial charge < -0.3 is 9.47 Å². The van der Waals surface area contributed by atoms with Gasteiger partial charge in [0.25, 0.3) is 0 Å². The van der Waals surface area contributed by atoms with Crippen molar-refractivity contribution in [3.8, 4) is 11.5 Å². The Balaban J connectivity index is 1.89. The first kappa shape index (κ1) is 16.1. The van der Waals surface area contributed by atoms with Crippen LogP contribution in [0.3, 0.4) is 0 Å². The van der Waals surface area contributed by atoms with E-state index in [4.69, 9.17) is 32.7 Å². The van der Waals surface area contributed by atoms with Crippen molar-refractivity contribution >= 4 is 35.1 Å². The van der Waals surface area contributed by atoms with Crippen molar-refractivity contribution in [1.29, 1.82) is 0 Å². The third-order valence-corrected chi connectivity index (χ3v) is 2.89. The predicted octanol–water partition coefficient (Wildman–Crippen LogP) is 4.06. The molecule has 2 rings (SSSR count). The summed E-state index contributed by atoms with van der Waals surface area (Å²) in [5.41, 5.74) is 0. The highest BCUT2D eigenvalue weighted by molar-refractivity contribution is 6.30. The Morgan fingerprint density at radius 1 is 0.773 bits per heavy atom. The van der Waals surface area contributed by atoms with Crippen molar-refractivity contribution in [2.45, 2.75) is 0 Å². The SMILES string of the molecule is O=C(/C=C/C(=O)Oc1cccc(Cl)c1)Oc1ccc(Cl)cc1. The van der Waals surface area contributed by atoms with Crippen LogP contribution < -0.4 is 9.47 Å². The van der Waals surface area contributed by atoms with Crippen molar-refractivity contribution in [3.63, 3.8) is 0 Å². The molecule has 0 fully saturated rings. The molecule has 0 heterocycles. The maximum absolute atomic E-state index is 11.5. The topological polar surface area (TPSA) is 52.6 Å². The van der Waals surface area contributed by atoms with Gasteiger partial charge in [0.15, 0.2) is 0 Å². The zero-order valence-electron chi connectivity index (χ0n) is 11.2. The van der Waals surface area contributed by atoms with Gasteiger partial charge in [-0.3, -0.25) is 0 Å². The highest BCUT2D eigenvalue weighted by Gasteiger charge is 2.04. The maximum atomic E-state index is 11.5. The molecule has 0 aliphatic rings. The minimum absolute atomic E-state index is 0.285. The fourth-order valence-corrected chi connectivity index (χ4v) is 1.78. The van der Waals surface area contributed by atoms with Crippen LogP contribution in [0.5, 0.6) is 11.5 Å². The third kappa shape index (κ3) is 5.24. The number of benzene rings is 2. The minimum Gasteiger partial charge on any atom is -0.423 e. The number of rotatable bonds is 4. The van der Waals surface area contributed by atoms with Gasteiger partial charge in [-0.15, -0.1) is 0 Å². The Morgan fingerprint density at radius 3 is 1.95 bits per heavy atom. The van der Waals surface area contributed by atoms with Gasteiger partial charge in [-0.05, 0) is 42.5 Å². The van der Waals surface area contributed by atoms with Crippen LogP contribution >= 0.6 is 23.2 Å². The standard InChI is InChI=1S/C16H10Cl2O4/c17-11-4-6-13(7-5-11)21-15(19)8-9-16(20)22-14-3-1-2-12(18)10-14/h1-10H/b9-8+. The lowest BCUT2D eigenvalue weighted by Gasteiger charge is -2.02. The molecule has 0 saturated heterocycles. The van der Waals surface area contributed by atoms with Crippen molar-refractivity contribution in [3.05, 3.63) is 70.7 Å². The Labute approximate surface area is 136 Å². The lowest BCUT2D eigenvalue weighted by atomic mass is 10.3. The summed E-state index contributed by atoms with van der Waals surface area (Å²) in [6.07, 6.45) is 1.95. The maximum Gasteiger partial charge on any atom is 0.336 e. The highest BCUT2D eigenvalue weighted by atomic mass is 35.5. The molecule has 22 heavy (non-hydrogen) atoms. The van der Waals surface area contributed by atoms with Crippen molar-refractivity contribution < 1.29 is 19.1 Å². The van der Waals surface area contributed by atoms with E-state index in [1.54, 1.807) is 42.5 Å². The van der Waals surface area contributed by atoms with Gasteiger partial charge in [-0.2, -0.15) is 0 Å². The van der Waals surface area contributed by atoms with Gasteiger partial charge in [0.1, 0.15) is 11.5 Å². The molecular weight excluding hydrogens is 327 g/mol. The average molecular weight is 337 g/mol. The zero-order valence-corrected chi connectivity index (χ0v) is 12.7. The Morgan fingerprint density at radius 2 is 1.36 bits per heavy atom. The number of carbonyl (C=O) groups is 2. The van der Waals surface area contributed by atoms with Gasteiger partial charge in [0.05, 0.1) is 0 Å². The second kappa shape index (κ2) is 7.64. The summed E-state index contributed by atoms with van der Waals surface area (Å²) in [4.78, 5) is 23.1. The summed E-state index contributed by atoms with van der Waals surface area (Å²) in [6, 6.07) is 12.6. The number of hydrogen-bond donors (Lipinski definition) is 0. The van der Waals surface area contributed by atoms with Crippen molar-refractivity contribution in [2.75, 3.05) is 0 Å². The summed E-state index contributed by atoms with van der Waals surface area (Å²) >= 11 is 11.5. The van der Waals surface area contributed by atoms with Crippen LogP contribution in [-0.4, -0.2) is 11.9 Å². The zero-order chi connectivity index (χ0) is 15.9. The summed E-state index contributed by atoms with van der Waals surface area (Å²) in [5, 5.41) is 0.969. The molecule has 0 amide bonds. The molecule has 6 heteroatoms. The highest BCUT2D eigenvalue weighted by Crippen LogP contribution is 2.17. The van der Waals surface area contributed by atoms with E-state index in [9.17, 15) is 9.59 Å². The van der Waals surface area contributed by atoms with Gasteiger partial charge >= 0.3 is 11.9 Å². The molecular formula is C16H10Cl2O4. The summed E-state index contributed by atoms with van der Waals surface area (Å²) in [6.45, 7) is 0. The molecule has 2 aromatic rings. The molecule has 4 nitrogen and oxygen atoms in total. The number of carbonyl (C=O) groups excluding carboxylic acids is 2. The van der Waals surface area contributed by atoms with Crippen LogP contribution in [-0.2, 0) is 9.59 Å². The van der Waals surface area contributed by atoms with Crippen LogP contribution in [0.25, 0.3) is 0 Å². The van der Waals surface area contributed by atoms with E-state index in [-0.39, 0.29) is 5.75 Å². The molecule has 0 radical (unpaired) electrons. The second-order valence-electron chi connectivity index (χ2n) is 4.09. The van der Waals surface area contributed by atoms with Crippen LogP contribution in [0.15, 0.2) is 60.7 Å². The molecule has 0 atom stereocenters. The first-order valence-electron chi connectivity index (χ1n) is 6.16. The third-order valence-electron chi connectivity index (χ3n) is 2.40. The van der Waals surface area contributed by atoms with Gasteiger partial charge in [-0.25, -0.2) is 9.59 Å². The van der Waals surface area contributed by atoms with Gasteiger partial charge in [0.2, 0.25) is 0 Å². The van der Waals surface area contributed by atoms with Crippen LogP contribution in [0, 0.1) is 0 Å². The number of halogens is 2. The van der Waals surface area contributed by atoms with Gasteiger partial charge in [-0.1, -0.05) is 29.3 Å². The van der Waals surface area contributed by atoms with Crippen LogP contribution in [0.1, 0.15) is 0 Å². The predicted molar refractivity (Wildman–Crippen MR) is 83.3 cm³/mol.